The van der Waals surface area contributed by atoms with E-state index in [2.05, 4.69) is 25.7 Å². The molecular weight excluding hydrogens is 226 g/mol. The van der Waals surface area contributed by atoms with Crippen molar-refractivity contribution in [3.63, 3.8) is 0 Å². The molecule has 2 N–H and O–H groups in total. The highest BCUT2D eigenvalue weighted by atomic mass is 16.3. The summed E-state index contributed by atoms with van der Waals surface area (Å²) in [5.74, 6) is 0.789. The second kappa shape index (κ2) is 6.36. The van der Waals surface area contributed by atoms with Crippen LogP contribution in [-0.2, 0) is 0 Å². The third-order valence-corrected chi connectivity index (χ3v) is 4.41. The lowest BCUT2D eigenvalue weighted by Crippen LogP contribution is -2.41. The topological polar surface area (TPSA) is 43.7 Å². The van der Waals surface area contributed by atoms with E-state index in [0.717, 1.165) is 25.6 Å². The fourth-order valence-electron chi connectivity index (χ4n) is 2.87. The summed E-state index contributed by atoms with van der Waals surface area (Å²) in [5.41, 5.74) is 0.0365. The monoisotopic (exact) mass is 257 g/mol. The predicted molar refractivity (Wildman–Crippen MR) is 75.5 cm³/mol. The van der Waals surface area contributed by atoms with Crippen molar-refractivity contribution in [2.75, 3.05) is 32.8 Å². The van der Waals surface area contributed by atoms with E-state index in [-0.39, 0.29) is 18.6 Å². The Bertz CT molecular complexity index is 243. The molecule has 0 aromatic rings. The average molecular weight is 257 g/mol. The minimum atomic E-state index is -0.360. The molecule has 0 saturated carbocycles. The molecule has 1 rings (SSSR count). The number of nitrogens with zero attached hydrogens (tertiary/aromatic N) is 1. The molecule has 3 nitrogen and oxygen atoms in total. The van der Waals surface area contributed by atoms with E-state index < -0.39 is 0 Å². The number of rotatable bonds is 4. The predicted octanol–water partition coefficient (Wildman–Crippen LogP) is 2.13. The van der Waals surface area contributed by atoms with Gasteiger partial charge in [0.25, 0.3) is 0 Å². The Labute approximate surface area is 112 Å². The fraction of sp³-hybridized carbons (Fsp3) is 1.00. The molecular formula is C15H31NO2. The summed E-state index contributed by atoms with van der Waals surface area (Å²) in [5, 5.41) is 18.8. The van der Waals surface area contributed by atoms with Gasteiger partial charge < -0.3 is 15.1 Å². The van der Waals surface area contributed by atoms with Crippen molar-refractivity contribution in [3.05, 3.63) is 0 Å². The van der Waals surface area contributed by atoms with Crippen LogP contribution in [0.25, 0.3) is 0 Å². The van der Waals surface area contributed by atoms with Crippen molar-refractivity contribution in [1.82, 2.24) is 4.90 Å². The van der Waals surface area contributed by atoms with Crippen molar-refractivity contribution in [3.8, 4) is 0 Å². The summed E-state index contributed by atoms with van der Waals surface area (Å²) < 4.78 is 0. The van der Waals surface area contributed by atoms with Crippen molar-refractivity contribution < 1.29 is 10.2 Å². The van der Waals surface area contributed by atoms with Gasteiger partial charge in [0.1, 0.15) is 0 Å². The molecule has 18 heavy (non-hydrogen) atoms. The van der Waals surface area contributed by atoms with E-state index in [4.69, 9.17) is 0 Å². The lowest BCUT2D eigenvalue weighted by atomic mass is 9.77. The molecule has 0 aromatic heterocycles. The van der Waals surface area contributed by atoms with Crippen molar-refractivity contribution in [2.45, 2.75) is 47.0 Å². The third-order valence-electron chi connectivity index (χ3n) is 4.41. The maximum atomic E-state index is 9.38. The highest BCUT2D eigenvalue weighted by molar-refractivity contribution is 4.82. The van der Waals surface area contributed by atoms with Crippen LogP contribution >= 0.6 is 0 Å². The summed E-state index contributed by atoms with van der Waals surface area (Å²) >= 11 is 0. The van der Waals surface area contributed by atoms with Gasteiger partial charge in [-0.1, -0.05) is 27.7 Å². The Balaban J connectivity index is 2.52. The Hall–Kier alpha value is -0.120. The Morgan fingerprint density at radius 1 is 1.00 bits per heavy atom. The largest absolute Gasteiger partial charge is 0.396 e. The molecule has 1 unspecified atom stereocenters. The second-order valence-corrected chi connectivity index (χ2v) is 7.40. The molecule has 1 fully saturated rings. The van der Waals surface area contributed by atoms with Crippen molar-refractivity contribution >= 4 is 0 Å². The average Bonchev–Trinajstić information content (AvgIpc) is 2.54. The first-order valence-corrected chi connectivity index (χ1v) is 7.25. The van der Waals surface area contributed by atoms with E-state index in [1.165, 1.54) is 19.3 Å². The maximum Gasteiger partial charge on any atom is 0.0519 e. The van der Waals surface area contributed by atoms with Crippen LogP contribution in [-0.4, -0.2) is 48.0 Å². The summed E-state index contributed by atoms with van der Waals surface area (Å²) in [6, 6.07) is 0. The molecule has 0 spiro atoms. The molecule has 0 bridgehead atoms. The minimum Gasteiger partial charge on any atom is -0.396 e. The third kappa shape index (κ3) is 4.52. The number of aliphatic hydroxyl groups is 2. The van der Waals surface area contributed by atoms with Gasteiger partial charge in [0.05, 0.1) is 13.2 Å². The lowest BCUT2D eigenvalue weighted by Gasteiger charge is -2.33. The zero-order valence-corrected chi connectivity index (χ0v) is 12.6. The van der Waals surface area contributed by atoms with E-state index in [0.29, 0.717) is 5.41 Å². The Morgan fingerprint density at radius 2 is 1.61 bits per heavy atom. The van der Waals surface area contributed by atoms with E-state index in [1.807, 2.05) is 6.92 Å². The van der Waals surface area contributed by atoms with Gasteiger partial charge in [-0.15, -0.1) is 0 Å². The van der Waals surface area contributed by atoms with Crippen LogP contribution in [0.2, 0.25) is 0 Å². The summed E-state index contributed by atoms with van der Waals surface area (Å²) in [6.07, 6.45) is 3.76. The van der Waals surface area contributed by atoms with Gasteiger partial charge in [-0.3, -0.25) is 0 Å². The second-order valence-electron chi connectivity index (χ2n) is 7.40. The minimum absolute atomic E-state index is 0.0582. The number of hydrogen-bond donors (Lipinski definition) is 2. The van der Waals surface area contributed by atoms with E-state index >= 15 is 0 Å². The molecule has 1 saturated heterocycles. The first-order chi connectivity index (χ1) is 8.30. The smallest absolute Gasteiger partial charge is 0.0519 e. The zero-order chi connectivity index (χ0) is 13.8. The molecule has 0 aliphatic carbocycles. The molecule has 0 amide bonds. The van der Waals surface area contributed by atoms with Gasteiger partial charge in [0.2, 0.25) is 0 Å². The van der Waals surface area contributed by atoms with Gasteiger partial charge in [-0.25, -0.2) is 0 Å². The van der Waals surface area contributed by atoms with Crippen LogP contribution < -0.4 is 0 Å². The van der Waals surface area contributed by atoms with E-state index in [9.17, 15) is 10.2 Å². The standard InChI is InChI=1S/C15H31NO2/c1-14(2,3)13-6-5-8-16(9-7-13)10-15(4,11-17)12-18/h13,17-18H,5-12H2,1-4H3. The van der Waals surface area contributed by atoms with Gasteiger partial charge in [-0.05, 0) is 43.7 Å². The molecule has 3 heteroatoms. The van der Waals surface area contributed by atoms with Crippen LogP contribution in [0, 0.1) is 16.7 Å². The first kappa shape index (κ1) is 15.9. The molecule has 0 aromatic carbocycles. The van der Waals surface area contributed by atoms with E-state index in [1.54, 1.807) is 0 Å². The quantitative estimate of drug-likeness (QED) is 0.811. The van der Waals surface area contributed by atoms with Gasteiger partial charge >= 0.3 is 0 Å². The molecule has 1 atom stereocenters. The van der Waals surface area contributed by atoms with Crippen LogP contribution in [0.3, 0.4) is 0 Å². The van der Waals surface area contributed by atoms with Crippen LogP contribution in [0.4, 0.5) is 0 Å². The summed E-state index contributed by atoms with van der Waals surface area (Å²) in [6.45, 7) is 12.1. The normalized spacial score (nSPS) is 24.0. The van der Waals surface area contributed by atoms with Crippen LogP contribution in [0.5, 0.6) is 0 Å². The molecule has 1 aliphatic heterocycles. The number of likely N-dealkylation sites (tertiary alicyclic amines) is 1. The highest BCUT2D eigenvalue weighted by Crippen LogP contribution is 2.34. The van der Waals surface area contributed by atoms with Gasteiger partial charge in [0, 0.05) is 12.0 Å². The number of hydrogen-bond acceptors (Lipinski definition) is 3. The zero-order valence-electron chi connectivity index (χ0n) is 12.6. The lowest BCUT2D eigenvalue weighted by molar-refractivity contribution is 0.0352. The molecule has 108 valence electrons. The Kier molecular flexibility index (Phi) is 5.63. The molecule has 1 heterocycles. The number of aliphatic hydroxyl groups excluding tert-OH is 2. The fourth-order valence-corrected chi connectivity index (χ4v) is 2.87. The highest BCUT2D eigenvalue weighted by Gasteiger charge is 2.30. The summed E-state index contributed by atoms with van der Waals surface area (Å²) in [4.78, 5) is 2.41. The maximum absolute atomic E-state index is 9.38. The van der Waals surface area contributed by atoms with Crippen molar-refractivity contribution in [2.24, 2.45) is 16.7 Å². The molecule has 0 radical (unpaired) electrons. The van der Waals surface area contributed by atoms with Crippen LogP contribution in [0.15, 0.2) is 0 Å². The van der Waals surface area contributed by atoms with Gasteiger partial charge in [0.15, 0.2) is 0 Å². The van der Waals surface area contributed by atoms with Gasteiger partial charge in [-0.2, -0.15) is 0 Å². The van der Waals surface area contributed by atoms with Crippen LogP contribution in [0.1, 0.15) is 47.0 Å². The molecule has 1 aliphatic rings. The van der Waals surface area contributed by atoms with Crippen molar-refractivity contribution in [1.29, 1.82) is 0 Å². The Morgan fingerprint density at radius 3 is 2.11 bits per heavy atom. The summed E-state index contributed by atoms with van der Waals surface area (Å²) in [7, 11) is 0. The SMILES string of the molecule is CC(CO)(CO)CN1CCCC(C(C)(C)C)CC1. The first-order valence-electron chi connectivity index (χ1n) is 7.25.